The molecule has 3 rings (SSSR count). The molecule has 0 aliphatic carbocycles. The number of hydrogen-bond donors (Lipinski definition) is 0. The highest BCUT2D eigenvalue weighted by molar-refractivity contribution is 6.31. The molecule has 2 heterocycles. The fourth-order valence-corrected chi connectivity index (χ4v) is 2.36. The minimum Gasteiger partial charge on any atom is -0.291 e. The molecule has 0 aliphatic heterocycles. The summed E-state index contributed by atoms with van der Waals surface area (Å²) in [6.07, 6.45) is 1.88. The number of rotatable bonds is 1. The number of fused-ring (bicyclic) bond motifs is 1. The van der Waals surface area contributed by atoms with Crippen LogP contribution in [0, 0.1) is 25.2 Å². The molecule has 0 amide bonds. The van der Waals surface area contributed by atoms with E-state index in [9.17, 15) is 5.26 Å². The third kappa shape index (κ3) is 1.95. The van der Waals surface area contributed by atoms with Gasteiger partial charge < -0.3 is 0 Å². The average molecular weight is 282 g/mol. The molecule has 0 atom stereocenters. The van der Waals surface area contributed by atoms with Crippen LogP contribution in [0.1, 0.15) is 16.8 Å². The molecule has 0 spiro atoms. The van der Waals surface area contributed by atoms with E-state index < -0.39 is 0 Å². The number of halogens is 1. The van der Waals surface area contributed by atoms with Gasteiger partial charge in [0.25, 0.3) is 0 Å². The van der Waals surface area contributed by atoms with Crippen LogP contribution >= 0.6 is 11.6 Å². The van der Waals surface area contributed by atoms with Crippen LogP contribution in [0.4, 0.5) is 0 Å². The molecule has 0 radical (unpaired) electrons. The van der Waals surface area contributed by atoms with E-state index in [0.29, 0.717) is 16.4 Å². The van der Waals surface area contributed by atoms with Crippen molar-refractivity contribution < 1.29 is 0 Å². The maximum atomic E-state index is 9.42. The molecule has 4 heteroatoms. The lowest BCUT2D eigenvalue weighted by Crippen LogP contribution is -1.89. The molecule has 3 nitrogen and oxygen atoms in total. The Morgan fingerprint density at radius 2 is 2.00 bits per heavy atom. The van der Waals surface area contributed by atoms with Crippen molar-refractivity contribution in [2.75, 3.05) is 0 Å². The van der Waals surface area contributed by atoms with Crippen molar-refractivity contribution in [2.45, 2.75) is 13.8 Å². The molecule has 0 aliphatic rings. The Kier molecular flexibility index (Phi) is 2.96. The number of aromatic nitrogens is 2. The van der Waals surface area contributed by atoms with E-state index in [1.165, 1.54) is 0 Å². The first-order chi connectivity index (χ1) is 9.60. The third-order valence-corrected chi connectivity index (χ3v) is 3.74. The number of hydrogen-bond acceptors (Lipinski definition) is 2. The van der Waals surface area contributed by atoms with Crippen molar-refractivity contribution >= 4 is 17.2 Å². The molecule has 0 bridgehead atoms. The monoisotopic (exact) mass is 281 g/mol. The molecule has 2 aromatic heterocycles. The number of nitriles is 1. The summed E-state index contributed by atoms with van der Waals surface area (Å²) in [6.45, 7) is 3.95. The van der Waals surface area contributed by atoms with Crippen LogP contribution in [0.2, 0.25) is 5.02 Å². The second-order valence-corrected chi connectivity index (χ2v) is 5.22. The van der Waals surface area contributed by atoms with Crippen molar-refractivity contribution in [1.29, 1.82) is 5.26 Å². The number of imidazole rings is 1. The second kappa shape index (κ2) is 4.66. The first-order valence-corrected chi connectivity index (χ1v) is 6.63. The molecule has 0 saturated carbocycles. The summed E-state index contributed by atoms with van der Waals surface area (Å²) in [4.78, 5) is 4.58. The van der Waals surface area contributed by atoms with Gasteiger partial charge in [0.2, 0.25) is 0 Å². The Balaban J connectivity index is 2.30. The number of pyridine rings is 1. The number of aryl methyl sites for hydroxylation is 2. The van der Waals surface area contributed by atoms with Crippen molar-refractivity contribution in [3.05, 3.63) is 58.4 Å². The molecule has 20 heavy (non-hydrogen) atoms. The van der Waals surface area contributed by atoms with Crippen LogP contribution in [0.25, 0.3) is 16.9 Å². The van der Waals surface area contributed by atoms with Crippen LogP contribution in [0.5, 0.6) is 0 Å². The molecular weight excluding hydrogens is 270 g/mol. The summed E-state index contributed by atoms with van der Waals surface area (Å²) in [5, 5.41) is 10.1. The highest BCUT2D eigenvalue weighted by Gasteiger charge is 2.14. The van der Waals surface area contributed by atoms with Gasteiger partial charge in [0.1, 0.15) is 17.4 Å². The summed E-state index contributed by atoms with van der Waals surface area (Å²) < 4.78 is 1.81. The predicted molar refractivity (Wildman–Crippen MR) is 79.8 cm³/mol. The summed E-state index contributed by atoms with van der Waals surface area (Å²) in [5.41, 5.74) is 5.01. The molecule has 3 aromatic rings. The summed E-state index contributed by atoms with van der Waals surface area (Å²) >= 11 is 6.05. The molecule has 0 fully saturated rings. The molecule has 1 aromatic carbocycles. The van der Waals surface area contributed by atoms with Gasteiger partial charge in [0.15, 0.2) is 5.69 Å². The van der Waals surface area contributed by atoms with E-state index in [2.05, 4.69) is 11.1 Å². The smallest absolute Gasteiger partial charge is 0.152 e. The lowest BCUT2D eigenvalue weighted by atomic mass is 10.1. The van der Waals surface area contributed by atoms with Crippen molar-refractivity contribution in [1.82, 2.24) is 9.38 Å². The lowest BCUT2D eigenvalue weighted by molar-refractivity contribution is 1.14. The molecule has 0 unspecified atom stereocenters. The minimum absolute atomic E-state index is 0.543. The van der Waals surface area contributed by atoms with E-state index in [1.807, 2.05) is 54.8 Å². The fraction of sp³-hybridized carbons (Fsp3) is 0.125. The molecule has 0 N–H and O–H groups in total. The molecule has 98 valence electrons. The van der Waals surface area contributed by atoms with E-state index in [4.69, 9.17) is 11.6 Å². The van der Waals surface area contributed by atoms with Crippen LogP contribution in [0.3, 0.4) is 0 Å². The summed E-state index contributed by atoms with van der Waals surface area (Å²) in [7, 11) is 0. The summed E-state index contributed by atoms with van der Waals surface area (Å²) in [5.74, 6) is 0. The Bertz CT molecular complexity index is 856. The van der Waals surface area contributed by atoms with Crippen LogP contribution in [-0.4, -0.2) is 9.38 Å². The number of benzene rings is 1. The van der Waals surface area contributed by atoms with Gasteiger partial charge in [0.05, 0.1) is 0 Å². The summed E-state index contributed by atoms with van der Waals surface area (Å²) in [6, 6.07) is 11.9. The minimum atomic E-state index is 0.543. The van der Waals surface area contributed by atoms with E-state index in [-0.39, 0.29) is 0 Å². The predicted octanol–water partition coefficient (Wildman–Crippen LogP) is 4.14. The zero-order chi connectivity index (χ0) is 14.3. The lowest BCUT2D eigenvalue weighted by Gasteiger charge is -2.01. The standard InChI is InChI=1S/C16H12ClN3/c1-10-5-6-20-14(9-18)16(19-15(20)7-10)12-3-4-13(17)11(2)8-12/h3-8H,1-2H3. The second-order valence-electron chi connectivity index (χ2n) is 4.82. The Labute approximate surface area is 122 Å². The van der Waals surface area contributed by atoms with Gasteiger partial charge in [-0.15, -0.1) is 0 Å². The third-order valence-electron chi connectivity index (χ3n) is 3.32. The van der Waals surface area contributed by atoms with Crippen LogP contribution < -0.4 is 0 Å². The van der Waals surface area contributed by atoms with Gasteiger partial charge in [-0.3, -0.25) is 4.40 Å². The normalized spacial score (nSPS) is 10.7. The van der Waals surface area contributed by atoms with Gasteiger partial charge in [-0.25, -0.2) is 4.98 Å². The zero-order valence-corrected chi connectivity index (χ0v) is 11.9. The first kappa shape index (κ1) is 12.7. The number of nitrogens with zero attached hydrogens (tertiary/aromatic N) is 3. The average Bonchev–Trinajstić information content (AvgIpc) is 2.79. The largest absolute Gasteiger partial charge is 0.291 e. The van der Waals surface area contributed by atoms with Crippen molar-refractivity contribution in [2.24, 2.45) is 0 Å². The molecule has 0 saturated heterocycles. The zero-order valence-electron chi connectivity index (χ0n) is 11.2. The Hall–Kier alpha value is -2.31. The highest BCUT2D eigenvalue weighted by atomic mass is 35.5. The van der Waals surface area contributed by atoms with Gasteiger partial charge in [-0.1, -0.05) is 17.7 Å². The van der Waals surface area contributed by atoms with E-state index >= 15 is 0 Å². The van der Waals surface area contributed by atoms with Crippen molar-refractivity contribution in [3.8, 4) is 17.3 Å². The maximum absolute atomic E-state index is 9.42. The molecular formula is C16H12ClN3. The highest BCUT2D eigenvalue weighted by Crippen LogP contribution is 2.27. The van der Waals surface area contributed by atoms with Gasteiger partial charge in [-0.05, 0) is 49.2 Å². The topological polar surface area (TPSA) is 41.1 Å². The first-order valence-electron chi connectivity index (χ1n) is 6.25. The Morgan fingerprint density at radius 1 is 1.20 bits per heavy atom. The van der Waals surface area contributed by atoms with Gasteiger partial charge >= 0.3 is 0 Å². The van der Waals surface area contributed by atoms with E-state index in [0.717, 1.165) is 22.3 Å². The van der Waals surface area contributed by atoms with Crippen molar-refractivity contribution in [3.63, 3.8) is 0 Å². The SMILES string of the molecule is Cc1ccn2c(C#N)c(-c3ccc(Cl)c(C)c3)nc2c1. The fourth-order valence-electron chi connectivity index (χ4n) is 2.25. The van der Waals surface area contributed by atoms with Crippen LogP contribution in [0.15, 0.2) is 36.5 Å². The Morgan fingerprint density at radius 3 is 2.70 bits per heavy atom. The van der Waals surface area contributed by atoms with E-state index in [1.54, 1.807) is 0 Å². The maximum Gasteiger partial charge on any atom is 0.152 e. The quantitative estimate of drug-likeness (QED) is 0.672. The van der Waals surface area contributed by atoms with Gasteiger partial charge in [-0.2, -0.15) is 5.26 Å². The van der Waals surface area contributed by atoms with Crippen LogP contribution in [-0.2, 0) is 0 Å². The van der Waals surface area contributed by atoms with Gasteiger partial charge in [0, 0.05) is 16.8 Å².